The van der Waals surface area contributed by atoms with Crippen LogP contribution < -0.4 is 10.2 Å². The first-order chi connectivity index (χ1) is 12.6. The van der Waals surface area contributed by atoms with Gasteiger partial charge in [-0.1, -0.05) is 56.3 Å². The Morgan fingerprint density at radius 3 is 2.08 bits per heavy atom. The third-order valence-electron chi connectivity index (χ3n) is 5.53. The Bertz CT molecular complexity index is 766. The van der Waals surface area contributed by atoms with Crippen molar-refractivity contribution >= 4 is 17.3 Å². The molecule has 2 aromatic rings. The van der Waals surface area contributed by atoms with Gasteiger partial charge in [-0.25, -0.2) is 0 Å². The van der Waals surface area contributed by atoms with E-state index in [1.807, 2.05) is 18.2 Å². The maximum atomic E-state index is 13.5. The molecule has 1 heterocycles. The van der Waals surface area contributed by atoms with Crippen molar-refractivity contribution in [2.45, 2.75) is 33.2 Å². The van der Waals surface area contributed by atoms with Crippen molar-refractivity contribution in [2.75, 3.05) is 36.4 Å². The van der Waals surface area contributed by atoms with E-state index in [2.05, 4.69) is 73.1 Å². The van der Waals surface area contributed by atoms with Crippen LogP contribution in [0.5, 0.6) is 0 Å². The Hall–Kier alpha value is -2.33. The number of nitrogens with one attached hydrogen (secondary N) is 1. The van der Waals surface area contributed by atoms with Crippen LogP contribution in [-0.2, 0) is 10.3 Å². The first-order valence-corrected chi connectivity index (χ1v) is 9.65. The molecule has 1 N–H and O–H groups in total. The summed E-state index contributed by atoms with van der Waals surface area (Å²) in [6.07, 6.45) is 0. The summed E-state index contributed by atoms with van der Waals surface area (Å²) in [5.74, 6) is 0.0435. The smallest absolute Gasteiger partial charge is 0.254 e. The van der Waals surface area contributed by atoms with Gasteiger partial charge >= 0.3 is 0 Å². The molecule has 0 radical (unpaired) electrons. The molecule has 0 saturated carbocycles. The van der Waals surface area contributed by atoms with Gasteiger partial charge in [-0.3, -0.25) is 9.69 Å². The summed E-state index contributed by atoms with van der Waals surface area (Å²) in [7, 11) is 0. The number of anilines is 2. The molecule has 0 bridgehead atoms. The molecule has 4 nitrogen and oxygen atoms in total. The number of carbonyl (C=O) groups excluding carboxylic acids is 1. The predicted octanol–water partition coefficient (Wildman–Crippen LogP) is 4.07. The second kappa shape index (κ2) is 7.50. The Morgan fingerprint density at radius 2 is 1.50 bits per heavy atom. The molecule has 1 aliphatic rings. The topological polar surface area (TPSA) is 35.6 Å². The molecule has 1 unspecified atom stereocenters. The van der Waals surface area contributed by atoms with Crippen LogP contribution in [0.1, 0.15) is 38.8 Å². The average Bonchev–Trinajstić information content (AvgIpc) is 2.98. The number of carbonyl (C=O) groups is 1. The van der Waals surface area contributed by atoms with Crippen molar-refractivity contribution in [3.05, 3.63) is 59.7 Å². The van der Waals surface area contributed by atoms with Gasteiger partial charge in [0.05, 0.1) is 11.4 Å². The molecule has 0 fully saturated rings. The zero-order valence-corrected chi connectivity index (χ0v) is 16.2. The summed E-state index contributed by atoms with van der Waals surface area (Å²) in [5, 5.41) is 3.23. The van der Waals surface area contributed by atoms with Crippen molar-refractivity contribution in [1.29, 1.82) is 0 Å². The second-order valence-electron chi connectivity index (χ2n) is 6.57. The Morgan fingerprint density at radius 1 is 0.846 bits per heavy atom. The molecule has 0 aliphatic carbocycles. The Labute approximate surface area is 156 Å². The maximum Gasteiger partial charge on any atom is 0.254 e. The van der Waals surface area contributed by atoms with Gasteiger partial charge in [0.1, 0.15) is 0 Å². The molecule has 1 atom stereocenters. The third-order valence-corrected chi connectivity index (χ3v) is 5.53. The fourth-order valence-electron chi connectivity index (χ4n) is 4.29. The molecule has 26 heavy (non-hydrogen) atoms. The number of amides is 1. The molecule has 1 aliphatic heterocycles. The molecule has 3 rings (SSSR count). The van der Waals surface area contributed by atoms with E-state index in [9.17, 15) is 4.79 Å². The van der Waals surface area contributed by atoms with Crippen LogP contribution in [0.3, 0.4) is 0 Å². The minimum absolute atomic E-state index is 0.0435. The van der Waals surface area contributed by atoms with Crippen LogP contribution >= 0.6 is 0 Å². The normalized spacial score (nSPS) is 18.7. The van der Waals surface area contributed by atoms with Crippen LogP contribution in [-0.4, -0.2) is 37.0 Å². The number of benzene rings is 2. The van der Waals surface area contributed by atoms with Crippen molar-refractivity contribution in [3.8, 4) is 0 Å². The van der Waals surface area contributed by atoms with Gasteiger partial charge in [0.15, 0.2) is 5.54 Å². The lowest BCUT2D eigenvalue weighted by atomic mass is 9.81. The SMILES string of the molecule is CCN(CC)c1cccc2c1NC(=O)C2(c1ccccc1)N(CC)CC. The Kier molecular flexibility index (Phi) is 5.33. The molecule has 0 aromatic heterocycles. The summed E-state index contributed by atoms with van der Waals surface area (Å²) < 4.78 is 0. The predicted molar refractivity (Wildman–Crippen MR) is 109 cm³/mol. The van der Waals surface area contributed by atoms with Crippen LogP contribution in [0.4, 0.5) is 11.4 Å². The lowest BCUT2D eigenvalue weighted by Crippen LogP contribution is -2.51. The van der Waals surface area contributed by atoms with E-state index >= 15 is 0 Å². The highest BCUT2D eigenvalue weighted by molar-refractivity contribution is 6.11. The molecule has 0 saturated heterocycles. The van der Waals surface area contributed by atoms with E-state index in [4.69, 9.17) is 0 Å². The molecule has 4 heteroatoms. The number of para-hydroxylation sites is 1. The summed E-state index contributed by atoms with van der Waals surface area (Å²) in [6.45, 7) is 11.9. The first kappa shape index (κ1) is 18.5. The van der Waals surface area contributed by atoms with Crippen LogP contribution in [0.15, 0.2) is 48.5 Å². The zero-order valence-electron chi connectivity index (χ0n) is 16.2. The molecular formula is C22H29N3O. The van der Waals surface area contributed by atoms with E-state index in [1.54, 1.807) is 0 Å². The number of hydrogen-bond acceptors (Lipinski definition) is 3. The van der Waals surface area contributed by atoms with E-state index in [1.165, 1.54) is 0 Å². The van der Waals surface area contributed by atoms with Crippen molar-refractivity contribution in [2.24, 2.45) is 0 Å². The number of likely N-dealkylation sites (N-methyl/N-ethyl adjacent to an activating group) is 1. The number of rotatable bonds is 7. The van der Waals surface area contributed by atoms with Crippen molar-refractivity contribution < 1.29 is 4.79 Å². The fraction of sp³-hybridized carbons (Fsp3) is 0.409. The van der Waals surface area contributed by atoms with Gasteiger partial charge in [-0.15, -0.1) is 0 Å². The second-order valence-corrected chi connectivity index (χ2v) is 6.57. The van der Waals surface area contributed by atoms with Crippen molar-refractivity contribution in [1.82, 2.24) is 4.90 Å². The average molecular weight is 351 g/mol. The van der Waals surface area contributed by atoms with E-state index in [-0.39, 0.29) is 5.91 Å². The lowest BCUT2D eigenvalue weighted by Gasteiger charge is -2.39. The van der Waals surface area contributed by atoms with E-state index in [0.717, 1.165) is 48.7 Å². The highest BCUT2D eigenvalue weighted by Crippen LogP contribution is 2.48. The number of fused-ring (bicyclic) bond motifs is 1. The Balaban J connectivity index is 2.29. The van der Waals surface area contributed by atoms with Gasteiger partial charge in [-0.2, -0.15) is 0 Å². The third kappa shape index (κ3) is 2.60. The molecular weight excluding hydrogens is 322 g/mol. The summed E-state index contributed by atoms with van der Waals surface area (Å²) >= 11 is 0. The van der Waals surface area contributed by atoms with Gasteiger partial charge in [0.25, 0.3) is 5.91 Å². The minimum atomic E-state index is -0.775. The quantitative estimate of drug-likeness (QED) is 0.817. The summed E-state index contributed by atoms with van der Waals surface area (Å²) in [6, 6.07) is 16.4. The minimum Gasteiger partial charge on any atom is -0.370 e. The zero-order chi connectivity index (χ0) is 18.7. The maximum absolute atomic E-state index is 13.5. The molecule has 0 spiro atoms. The van der Waals surface area contributed by atoms with E-state index in [0.29, 0.717) is 0 Å². The largest absolute Gasteiger partial charge is 0.370 e. The summed E-state index contributed by atoms with van der Waals surface area (Å²) in [5.41, 5.74) is 3.37. The highest BCUT2D eigenvalue weighted by Gasteiger charge is 2.52. The van der Waals surface area contributed by atoms with Crippen LogP contribution in [0, 0.1) is 0 Å². The van der Waals surface area contributed by atoms with Gasteiger partial charge in [0, 0.05) is 18.7 Å². The highest BCUT2D eigenvalue weighted by atomic mass is 16.2. The van der Waals surface area contributed by atoms with Crippen LogP contribution in [0.2, 0.25) is 0 Å². The molecule has 2 aromatic carbocycles. The fourth-order valence-corrected chi connectivity index (χ4v) is 4.29. The molecule has 138 valence electrons. The monoisotopic (exact) mass is 351 g/mol. The standard InChI is InChI=1S/C22H29N3O/c1-5-24(6-2)19-16-12-15-18-20(19)23-21(26)22(18,25(7-3)8-4)17-13-10-9-11-14-17/h9-16H,5-8H2,1-4H3,(H,23,26). The van der Waals surface area contributed by atoms with Gasteiger partial charge in [-0.05, 0) is 38.6 Å². The van der Waals surface area contributed by atoms with Crippen LogP contribution in [0.25, 0.3) is 0 Å². The summed E-state index contributed by atoms with van der Waals surface area (Å²) in [4.78, 5) is 18.0. The van der Waals surface area contributed by atoms with Crippen molar-refractivity contribution in [3.63, 3.8) is 0 Å². The molecule has 1 amide bonds. The van der Waals surface area contributed by atoms with Gasteiger partial charge in [0.2, 0.25) is 0 Å². The lowest BCUT2D eigenvalue weighted by molar-refractivity contribution is -0.125. The van der Waals surface area contributed by atoms with Gasteiger partial charge < -0.3 is 10.2 Å². The number of hydrogen-bond donors (Lipinski definition) is 1. The first-order valence-electron chi connectivity index (χ1n) is 9.65. The number of nitrogens with zero attached hydrogens (tertiary/aromatic N) is 2. The van der Waals surface area contributed by atoms with E-state index < -0.39 is 5.54 Å².